The summed E-state index contributed by atoms with van der Waals surface area (Å²) in [6.07, 6.45) is 1.77. The summed E-state index contributed by atoms with van der Waals surface area (Å²) in [7, 11) is 1.88. The van der Waals surface area contributed by atoms with Crippen molar-refractivity contribution < 1.29 is 4.79 Å². The third kappa shape index (κ3) is 7.57. The number of anilines is 1. The van der Waals surface area contributed by atoms with Crippen LogP contribution in [0.15, 0.2) is 58.8 Å². The molecule has 0 aromatic heterocycles. The van der Waals surface area contributed by atoms with E-state index in [4.69, 9.17) is 23.2 Å². The number of hydrogen-bond donors (Lipinski definition) is 1. The van der Waals surface area contributed by atoms with Crippen molar-refractivity contribution in [2.24, 2.45) is 0 Å². The average Bonchev–Trinajstić information content (AvgIpc) is 2.78. The number of carbonyl (C=O) groups is 1. The lowest BCUT2D eigenvalue weighted by molar-refractivity contribution is -0.122. The number of benzene rings is 2. The fourth-order valence-corrected chi connectivity index (χ4v) is 3.16. The first kappa shape index (κ1) is 25.3. The van der Waals surface area contributed by atoms with E-state index in [9.17, 15) is 4.79 Å². The van der Waals surface area contributed by atoms with E-state index in [0.717, 1.165) is 10.2 Å². The second kappa shape index (κ2) is 12.1. The van der Waals surface area contributed by atoms with Crippen LogP contribution in [0.4, 0.5) is 5.69 Å². The SMILES string of the molecule is CC.CC1=CNN(c2cc(Cl)cc(Cl)c2)C(=O)C(C)N1C.Cc1ccc(Br)cc1. The summed E-state index contributed by atoms with van der Waals surface area (Å²) < 4.78 is 1.14. The largest absolute Gasteiger partial charge is 0.365 e. The number of hydrazine groups is 1. The summed E-state index contributed by atoms with van der Waals surface area (Å²) in [5, 5.41) is 2.43. The summed E-state index contributed by atoms with van der Waals surface area (Å²) in [5.74, 6) is -0.0751. The minimum atomic E-state index is -0.274. The summed E-state index contributed by atoms with van der Waals surface area (Å²) in [6, 6.07) is 13.0. The molecule has 3 rings (SSSR count). The van der Waals surface area contributed by atoms with E-state index in [1.165, 1.54) is 10.6 Å². The molecule has 158 valence electrons. The predicted octanol–water partition coefficient (Wildman–Crippen LogP) is 6.81. The van der Waals surface area contributed by atoms with Gasteiger partial charge in [-0.25, -0.2) is 5.01 Å². The molecule has 1 N–H and O–H groups in total. The molecular weight excluding hydrogens is 473 g/mol. The fourth-order valence-electron chi connectivity index (χ4n) is 2.38. The number of nitrogens with one attached hydrogen (secondary N) is 1. The van der Waals surface area contributed by atoms with Crippen LogP contribution in [0.25, 0.3) is 0 Å². The van der Waals surface area contributed by atoms with Crippen LogP contribution >= 0.6 is 39.1 Å². The van der Waals surface area contributed by atoms with Crippen LogP contribution in [0, 0.1) is 6.92 Å². The normalized spacial score (nSPS) is 15.8. The standard InChI is InChI=1S/C13H15Cl2N3O.C7H7Br.C2H6/c1-8-7-16-18(13(19)9(2)17(8)3)12-5-10(14)4-11(15)6-12;1-6-2-4-7(8)5-3-6;1-2/h4-7,9,16H,1-3H3;2-5H,1H3;1-2H3. The quantitative estimate of drug-likeness (QED) is 0.467. The molecule has 29 heavy (non-hydrogen) atoms. The van der Waals surface area contributed by atoms with E-state index >= 15 is 0 Å². The molecule has 0 radical (unpaired) electrons. The summed E-state index contributed by atoms with van der Waals surface area (Å²) in [5.41, 5.74) is 5.86. The zero-order valence-corrected chi connectivity index (χ0v) is 20.7. The van der Waals surface area contributed by atoms with Gasteiger partial charge in [-0.05, 0) is 51.1 Å². The lowest BCUT2D eigenvalue weighted by Gasteiger charge is -2.27. The first-order valence-corrected chi connectivity index (χ1v) is 10.9. The van der Waals surface area contributed by atoms with E-state index < -0.39 is 0 Å². The van der Waals surface area contributed by atoms with Crippen LogP contribution in [0.1, 0.15) is 33.3 Å². The van der Waals surface area contributed by atoms with Crippen molar-refractivity contribution in [3.8, 4) is 0 Å². The highest BCUT2D eigenvalue weighted by molar-refractivity contribution is 9.10. The Bertz CT molecular complexity index is 799. The van der Waals surface area contributed by atoms with Crippen molar-refractivity contribution in [1.82, 2.24) is 10.3 Å². The molecule has 0 fully saturated rings. The van der Waals surface area contributed by atoms with E-state index in [2.05, 4.69) is 40.4 Å². The average molecular weight is 501 g/mol. The molecule has 1 heterocycles. The van der Waals surface area contributed by atoms with Crippen molar-refractivity contribution in [3.63, 3.8) is 0 Å². The molecule has 0 spiro atoms. The smallest absolute Gasteiger partial charge is 0.267 e. The van der Waals surface area contributed by atoms with Gasteiger partial charge in [0.2, 0.25) is 0 Å². The maximum absolute atomic E-state index is 12.4. The third-order valence-electron chi connectivity index (χ3n) is 4.23. The van der Waals surface area contributed by atoms with Crippen molar-refractivity contribution in [2.45, 2.75) is 40.7 Å². The number of hydrogen-bond acceptors (Lipinski definition) is 3. The molecule has 1 atom stereocenters. The number of rotatable bonds is 1. The molecule has 2 aromatic carbocycles. The Kier molecular flexibility index (Phi) is 10.6. The van der Waals surface area contributed by atoms with Gasteiger partial charge in [-0.3, -0.25) is 10.2 Å². The lowest BCUT2D eigenvalue weighted by Crippen LogP contribution is -2.47. The highest BCUT2D eigenvalue weighted by Crippen LogP contribution is 2.26. The van der Waals surface area contributed by atoms with Gasteiger partial charge in [-0.15, -0.1) is 0 Å². The molecule has 1 aliphatic rings. The van der Waals surface area contributed by atoms with Gasteiger partial charge < -0.3 is 4.90 Å². The fraction of sp³-hybridized carbons (Fsp3) is 0.318. The molecule has 2 aromatic rings. The second-order valence-corrected chi connectivity index (χ2v) is 8.09. The van der Waals surface area contributed by atoms with E-state index in [0.29, 0.717) is 15.7 Å². The lowest BCUT2D eigenvalue weighted by atomic mass is 10.2. The van der Waals surface area contributed by atoms with Crippen LogP contribution < -0.4 is 10.4 Å². The molecule has 0 aliphatic carbocycles. The Balaban J connectivity index is 0.000000351. The van der Waals surface area contributed by atoms with Gasteiger partial charge >= 0.3 is 0 Å². The number of aryl methyl sites for hydroxylation is 1. The first-order valence-electron chi connectivity index (χ1n) is 9.37. The Morgan fingerprint density at radius 1 is 1.00 bits per heavy atom. The van der Waals surface area contributed by atoms with Gasteiger partial charge in [0.15, 0.2) is 0 Å². The zero-order valence-electron chi connectivity index (χ0n) is 17.6. The molecule has 0 bridgehead atoms. The van der Waals surface area contributed by atoms with Crippen molar-refractivity contribution in [1.29, 1.82) is 0 Å². The summed E-state index contributed by atoms with van der Waals surface area (Å²) in [4.78, 5) is 14.3. The van der Waals surface area contributed by atoms with E-state index in [1.54, 1.807) is 24.4 Å². The number of halogens is 3. The topological polar surface area (TPSA) is 35.6 Å². The highest BCUT2D eigenvalue weighted by Gasteiger charge is 2.28. The molecule has 4 nitrogen and oxygen atoms in total. The Morgan fingerprint density at radius 3 is 2.00 bits per heavy atom. The number of carbonyl (C=O) groups excluding carboxylic acids is 1. The van der Waals surface area contributed by atoms with Gasteiger partial charge in [0.25, 0.3) is 5.91 Å². The minimum Gasteiger partial charge on any atom is -0.365 e. The molecule has 7 heteroatoms. The van der Waals surface area contributed by atoms with Crippen molar-refractivity contribution in [3.05, 3.63) is 74.4 Å². The van der Waals surface area contributed by atoms with Crippen LogP contribution in [0.5, 0.6) is 0 Å². The van der Waals surface area contributed by atoms with E-state index in [-0.39, 0.29) is 11.9 Å². The molecular formula is C22H28BrCl2N3O. The number of nitrogens with zero attached hydrogens (tertiary/aromatic N) is 2. The predicted molar refractivity (Wildman–Crippen MR) is 128 cm³/mol. The van der Waals surface area contributed by atoms with Crippen molar-refractivity contribution >= 4 is 50.7 Å². The minimum absolute atomic E-state index is 0.0751. The maximum Gasteiger partial charge on any atom is 0.267 e. The van der Waals surface area contributed by atoms with Gasteiger partial charge in [0.05, 0.1) is 5.69 Å². The Labute approximate surface area is 192 Å². The van der Waals surface area contributed by atoms with Crippen LogP contribution in [0.3, 0.4) is 0 Å². The van der Waals surface area contributed by atoms with Crippen molar-refractivity contribution in [2.75, 3.05) is 12.1 Å². The Morgan fingerprint density at radius 2 is 1.52 bits per heavy atom. The highest BCUT2D eigenvalue weighted by atomic mass is 79.9. The monoisotopic (exact) mass is 499 g/mol. The first-order chi connectivity index (χ1) is 13.7. The van der Waals surface area contributed by atoms with Crippen LogP contribution in [0.2, 0.25) is 10.0 Å². The molecule has 0 saturated carbocycles. The zero-order chi connectivity index (χ0) is 22.1. The maximum atomic E-state index is 12.4. The van der Waals surface area contributed by atoms with E-state index in [1.807, 2.05) is 51.8 Å². The molecule has 1 amide bonds. The van der Waals surface area contributed by atoms with Crippen LogP contribution in [-0.2, 0) is 4.79 Å². The third-order valence-corrected chi connectivity index (χ3v) is 5.20. The van der Waals surface area contributed by atoms with Gasteiger partial charge in [0, 0.05) is 33.5 Å². The molecule has 1 aliphatic heterocycles. The number of allylic oxidation sites excluding steroid dienone is 1. The summed E-state index contributed by atoms with van der Waals surface area (Å²) >= 11 is 15.3. The van der Waals surface area contributed by atoms with Gasteiger partial charge in [0.1, 0.15) is 6.04 Å². The summed E-state index contributed by atoms with van der Waals surface area (Å²) in [6.45, 7) is 9.86. The van der Waals surface area contributed by atoms with Gasteiger partial charge in [-0.1, -0.05) is 70.7 Å². The number of likely N-dealkylation sites (N-methyl/N-ethyl adjacent to an activating group) is 1. The Hall–Kier alpha value is -1.69. The van der Waals surface area contributed by atoms with Crippen LogP contribution in [-0.4, -0.2) is 23.9 Å². The van der Waals surface area contributed by atoms with Gasteiger partial charge in [-0.2, -0.15) is 0 Å². The molecule has 1 unspecified atom stereocenters. The second-order valence-electron chi connectivity index (χ2n) is 6.30. The molecule has 0 saturated heterocycles. The number of amides is 1.